The van der Waals surface area contributed by atoms with E-state index in [-0.39, 0.29) is 11.3 Å². The molecule has 1 N–H and O–H groups in total. The van der Waals surface area contributed by atoms with Crippen LogP contribution in [0.5, 0.6) is 0 Å². The van der Waals surface area contributed by atoms with Gasteiger partial charge in [0.05, 0.1) is 0 Å². The summed E-state index contributed by atoms with van der Waals surface area (Å²) >= 11 is 9.59. The van der Waals surface area contributed by atoms with Crippen LogP contribution in [0.4, 0.5) is 0 Å². The molecule has 0 bridgehead atoms. The second-order valence-corrected chi connectivity index (χ2v) is 7.56. The molecule has 3 unspecified atom stereocenters. The summed E-state index contributed by atoms with van der Waals surface area (Å²) < 4.78 is 12.2. The number of hydrogen-bond donors (Lipinski definition) is 1. The molecule has 1 aromatic rings. The summed E-state index contributed by atoms with van der Waals surface area (Å²) in [6.45, 7) is 4.94. The first-order chi connectivity index (χ1) is 8.41. The highest BCUT2D eigenvalue weighted by Crippen LogP contribution is 2.26. The third kappa shape index (κ3) is 5.00. The molecule has 0 aromatic heterocycles. The van der Waals surface area contributed by atoms with E-state index in [1.165, 1.54) is 0 Å². The summed E-state index contributed by atoms with van der Waals surface area (Å²) in [6, 6.07) is 6.11. The Morgan fingerprint density at radius 3 is 2.67 bits per heavy atom. The minimum absolute atomic E-state index is 0.197. The van der Waals surface area contributed by atoms with Crippen molar-refractivity contribution in [3.8, 4) is 0 Å². The highest BCUT2D eigenvalue weighted by Gasteiger charge is 2.11. The minimum atomic E-state index is -0.749. The van der Waals surface area contributed by atoms with Crippen LogP contribution in [0.3, 0.4) is 0 Å². The summed E-state index contributed by atoms with van der Waals surface area (Å²) in [7, 11) is -0.749. The van der Waals surface area contributed by atoms with Crippen LogP contribution in [0, 0.1) is 0 Å². The molecule has 0 heterocycles. The molecular weight excluding hydrogens is 334 g/mol. The van der Waals surface area contributed by atoms with Crippen LogP contribution in [0.25, 0.3) is 0 Å². The van der Waals surface area contributed by atoms with E-state index in [0.717, 1.165) is 28.0 Å². The number of nitrogens with one attached hydrogen (secondary N) is 1. The summed E-state index contributed by atoms with van der Waals surface area (Å²) in [5.41, 5.74) is 1.09. The lowest BCUT2D eigenvalue weighted by molar-refractivity contribution is 0.554. The first kappa shape index (κ1) is 16.2. The lowest BCUT2D eigenvalue weighted by Crippen LogP contribution is -2.24. The molecule has 0 radical (unpaired) electrons. The van der Waals surface area contributed by atoms with Gasteiger partial charge < -0.3 is 5.32 Å². The van der Waals surface area contributed by atoms with Gasteiger partial charge in [0.15, 0.2) is 0 Å². The van der Waals surface area contributed by atoms with E-state index in [4.69, 9.17) is 11.6 Å². The Labute approximate surface area is 125 Å². The Kier molecular flexibility index (Phi) is 6.85. The zero-order valence-electron chi connectivity index (χ0n) is 10.9. The molecule has 0 amide bonds. The van der Waals surface area contributed by atoms with Crippen LogP contribution in [-0.4, -0.2) is 22.3 Å². The molecule has 2 nitrogen and oxygen atoms in total. The fourth-order valence-corrected chi connectivity index (χ4v) is 2.92. The van der Waals surface area contributed by atoms with Crippen molar-refractivity contribution in [3.05, 3.63) is 33.3 Å². The topological polar surface area (TPSA) is 29.1 Å². The highest BCUT2D eigenvalue weighted by atomic mass is 79.9. The largest absolute Gasteiger partial charge is 0.310 e. The molecule has 1 aromatic carbocycles. The maximum absolute atomic E-state index is 11.2. The van der Waals surface area contributed by atoms with Crippen molar-refractivity contribution in [2.75, 3.05) is 12.8 Å². The van der Waals surface area contributed by atoms with Crippen molar-refractivity contribution in [2.24, 2.45) is 0 Å². The monoisotopic (exact) mass is 351 g/mol. The lowest BCUT2D eigenvalue weighted by Gasteiger charge is -2.17. The first-order valence-corrected chi connectivity index (χ1v) is 8.71. The average molecular weight is 353 g/mol. The molecular formula is C13H19BrClNOS. The van der Waals surface area contributed by atoms with Gasteiger partial charge in [0.1, 0.15) is 0 Å². The van der Waals surface area contributed by atoms with Gasteiger partial charge in [-0.1, -0.05) is 40.5 Å². The summed E-state index contributed by atoms with van der Waals surface area (Å²) in [5.74, 6) is 0. The third-order valence-corrected chi connectivity index (χ3v) is 5.19. The quantitative estimate of drug-likeness (QED) is 0.841. The Balaban J connectivity index is 2.50. The van der Waals surface area contributed by atoms with Gasteiger partial charge in [0, 0.05) is 37.8 Å². The standard InChI is InChI=1S/C13H19BrClNOS/c1-9(18(3)17)6-7-16-10(2)12-5-4-11(14)8-13(12)15/h4-5,8-10,16H,6-7H2,1-3H3. The van der Waals surface area contributed by atoms with Crippen LogP contribution in [0.2, 0.25) is 5.02 Å². The van der Waals surface area contributed by atoms with E-state index in [1.807, 2.05) is 25.1 Å². The van der Waals surface area contributed by atoms with Crippen LogP contribution < -0.4 is 5.32 Å². The van der Waals surface area contributed by atoms with Gasteiger partial charge in [0.2, 0.25) is 0 Å². The average Bonchev–Trinajstić information content (AvgIpc) is 2.28. The number of rotatable bonds is 6. The smallest absolute Gasteiger partial charge is 0.0464 e. The minimum Gasteiger partial charge on any atom is -0.310 e. The lowest BCUT2D eigenvalue weighted by atomic mass is 10.1. The fraction of sp³-hybridized carbons (Fsp3) is 0.538. The Morgan fingerprint density at radius 2 is 2.11 bits per heavy atom. The van der Waals surface area contributed by atoms with E-state index >= 15 is 0 Å². The second kappa shape index (κ2) is 7.63. The van der Waals surface area contributed by atoms with Gasteiger partial charge >= 0.3 is 0 Å². The second-order valence-electron chi connectivity index (χ2n) is 4.44. The Morgan fingerprint density at radius 1 is 1.44 bits per heavy atom. The van der Waals surface area contributed by atoms with E-state index in [0.29, 0.717) is 0 Å². The number of benzene rings is 1. The fourth-order valence-electron chi connectivity index (χ4n) is 1.63. The van der Waals surface area contributed by atoms with E-state index in [2.05, 4.69) is 28.2 Å². The van der Waals surface area contributed by atoms with Crippen molar-refractivity contribution in [1.82, 2.24) is 5.32 Å². The molecule has 0 spiro atoms. The van der Waals surface area contributed by atoms with E-state index in [1.54, 1.807) is 6.26 Å². The van der Waals surface area contributed by atoms with Crippen LogP contribution in [-0.2, 0) is 10.8 Å². The molecule has 1 rings (SSSR count). The first-order valence-electron chi connectivity index (χ1n) is 5.92. The molecule has 0 saturated carbocycles. The Bertz CT molecular complexity index is 427. The van der Waals surface area contributed by atoms with Gasteiger partial charge in [-0.25, -0.2) is 0 Å². The van der Waals surface area contributed by atoms with E-state index < -0.39 is 10.8 Å². The van der Waals surface area contributed by atoms with Gasteiger partial charge in [-0.2, -0.15) is 0 Å². The van der Waals surface area contributed by atoms with Crippen LogP contribution in [0.15, 0.2) is 22.7 Å². The van der Waals surface area contributed by atoms with Crippen molar-refractivity contribution in [1.29, 1.82) is 0 Å². The van der Waals surface area contributed by atoms with Crippen molar-refractivity contribution in [3.63, 3.8) is 0 Å². The van der Waals surface area contributed by atoms with Crippen molar-refractivity contribution < 1.29 is 4.21 Å². The number of hydrogen-bond acceptors (Lipinski definition) is 2. The predicted molar refractivity (Wildman–Crippen MR) is 83.7 cm³/mol. The van der Waals surface area contributed by atoms with Gasteiger partial charge in [0.25, 0.3) is 0 Å². The molecule has 18 heavy (non-hydrogen) atoms. The normalized spacial score (nSPS) is 16.3. The summed E-state index contributed by atoms with van der Waals surface area (Å²) in [4.78, 5) is 0. The molecule has 0 saturated heterocycles. The van der Waals surface area contributed by atoms with Gasteiger partial charge in [-0.15, -0.1) is 0 Å². The maximum Gasteiger partial charge on any atom is 0.0464 e. The molecule has 3 atom stereocenters. The highest BCUT2D eigenvalue weighted by molar-refractivity contribution is 9.10. The number of halogens is 2. The molecule has 0 aliphatic carbocycles. The van der Waals surface area contributed by atoms with Crippen molar-refractivity contribution in [2.45, 2.75) is 31.6 Å². The molecule has 0 aliphatic heterocycles. The molecule has 0 fully saturated rings. The van der Waals surface area contributed by atoms with Gasteiger partial charge in [-0.3, -0.25) is 4.21 Å². The maximum atomic E-state index is 11.2. The van der Waals surface area contributed by atoms with E-state index in [9.17, 15) is 4.21 Å². The van der Waals surface area contributed by atoms with Crippen molar-refractivity contribution >= 4 is 38.3 Å². The van der Waals surface area contributed by atoms with Crippen LogP contribution in [0.1, 0.15) is 31.9 Å². The predicted octanol–water partition coefficient (Wildman–Crippen LogP) is 3.91. The molecule has 0 aliphatic rings. The third-order valence-electron chi connectivity index (χ3n) is 3.00. The SMILES string of the molecule is CC(NCCC(C)S(C)=O)c1ccc(Br)cc1Cl. The van der Waals surface area contributed by atoms with Gasteiger partial charge in [-0.05, 0) is 37.6 Å². The molecule has 102 valence electrons. The summed E-state index contributed by atoms with van der Waals surface area (Å²) in [6.07, 6.45) is 2.65. The Hall–Kier alpha value is 0.1000. The summed E-state index contributed by atoms with van der Waals surface area (Å²) in [5, 5.41) is 4.40. The zero-order chi connectivity index (χ0) is 13.7. The van der Waals surface area contributed by atoms with Crippen LogP contribution >= 0.6 is 27.5 Å². The zero-order valence-corrected chi connectivity index (χ0v) is 14.0. The molecule has 5 heteroatoms.